The molecular weight excluding hydrogens is 333 g/mol. The number of halogens is 3. The zero-order valence-corrected chi connectivity index (χ0v) is 12.4. The first kappa shape index (κ1) is 17.4. The Balaban J connectivity index is 2.30. The standard InChI is InChI=1S/C13H11F3N4O4/c1-6(12-18-7(2)19-24-12)17-11(21)9-4-3-8(13(14,15)16)5-10(9)20(22)23/h3-6H,1-2H3,(H,17,21)/t6-/m0/s1. The van der Waals surface area contributed by atoms with E-state index >= 15 is 0 Å². The molecule has 0 aliphatic heterocycles. The molecule has 0 radical (unpaired) electrons. The van der Waals surface area contributed by atoms with Crippen LogP contribution in [0.4, 0.5) is 18.9 Å². The van der Waals surface area contributed by atoms with Crippen molar-refractivity contribution < 1.29 is 27.4 Å². The maximum atomic E-state index is 12.6. The lowest BCUT2D eigenvalue weighted by molar-refractivity contribution is -0.385. The molecule has 11 heteroatoms. The number of benzene rings is 1. The minimum absolute atomic E-state index is 0.0652. The number of carbonyl (C=O) groups is 1. The van der Waals surface area contributed by atoms with E-state index < -0.39 is 39.9 Å². The van der Waals surface area contributed by atoms with Crippen molar-refractivity contribution in [3.8, 4) is 0 Å². The van der Waals surface area contributed by atoms with Crippen molar-refractivity contribution in [2.75, 3.05) is 0 Å². The van der Waals surface area contributed by atoms with Gasteiger partial charge in [0.15, 0.2) is 5.82 Å². The lowest BCUT2D eigenvalue weighted by atomic mass is 10.1. The highest BCUT2D eigenvalue weighted by Crippen LogP contribution is 2.33. The summed E-state index contributed by atoms with van der Waals surface area (Å²) in [5.41, 5.74) is -2.67. The molecule has 0 saturated heterocycles. The van der Waals surface area contributed by atoms with E-state index in [2.05, 4.69) is 15.5 Å². The molecule has 128 valence electrons. The molecule has 0 bridgehead atoms. The zero-order chi connectivity index (χ0) is 18.1. The number of hydrogen-bond acceptors (Lipinski definition) is 6. The van der Waals surface area contributed by atoms with Crippen LogP contribution in [0.15, 0.2) is 22.7 Å². The van der Waals surface area contributed by atoms with Gasteiger partial charge in [-0.3, -0.25) is 14.9 Å². The molecule has 0 aliphatic carbocycles. The smallest absolute Gasteiger partial charge is 0.340 e. The summed E-state index contributed by atoms with van der Waals surface area (Å²) in [5.74, 6) is -0.541. The van der Waals surface area contributed by atoms with E-state index in [4.69, 9.17) is 4.52 Å². The second-order valence-electron chi connectivity index (χ2n) is 4.86. The fourth-order valence-electron chi connectivity index (χ4n) is 1.88. The second kappa shape index (κ2) is 6.26. The number of nitrogens with zero attached hydrogens (tertiary/aromatic N) is 3. The van der Waals surface area contributed by atoms with Gasteiger partial charge in [0.2, 0.25) is 5.89 Å². The predicted octanol–water partition coefficient (Wildman–Crippen LogP) is 2.80. The number of nitro groups is 1. The van der Waals surface area contributed by atoms with E-state index in [0.29, 0.717) is 18.0 Å². The molecule has 1 amide bonds. The Morgan fingerprint density at radius 3 is 2.58 bits per heavy atom. The quantitative estimate of drug-likeness (QED) is 0.674. The topological polar surface area (TPSA) is 111 Å². The Kier molecular flexibility index (Phi) is 4.53. The van der Waals surface area contributed by atoms with Crippen LogP contribution in [0.1, 0.15) is 40.6 Å². The largest absolute Gasteiger partial charge is 0.416 e. The molecule has 2 aromatic rings. The van der Waals surface area contributed by atoms with Gasteiger partial charge in [-0.1, -0.05) is 5.16 Å². The number of nitro benzene ring substituents is 1. The van der Waals surface area contributed by atoms with Crippen molar-refractivity contribution in [1.29, 1.82) is 0 Å². The molecule has 1 atom stereocenters. The summed E-state index contributed by atoms with van der Waals surface area (Å²) in [6.45, 7) is 3.04. The third-order valence-electron chi connectivity index (χ3n) is 3.03. The average Bonchev–Trinajstić information content (AvgIpc) is 2.92. The number of rotatable bonds is 4. The number of nitrogens with one attached hydrogen (secondary N) is 1. The Hall–Kier alpha value is -2.98. The van der Waals surface area contributed by atoms with E-state index in [1.165, 1.54) is 6.92 Å². The van der Waals surface area contributed by atoms with Crippen LogP contribution in [0.2, 0.25) is 0 Å². The lowest BCUT2D eigenvalue weighted by Crippen LogP contribution is -2.27. The Bertz CT molecular complexity index is 788. The van der Waals surface area contributed by atoms with Crippen molar-refractivity contribution in [2.24, 2.45) is 0 Å². The normalized spacial score (nSPS) is 12.7. The van der Waals surface area contributed by atoms with Gasteiger partial charge in [-0.05, 0) is 26.0 Å². The van der Waals surface area contributed by atoms with E-state index in [9.17, 15) is 28.1 Å². The number of hydrogen-bond donors (Lipinski definition) is 1. The molecule has 2 rings (SSSR count). The van der Waals surface area contributed by atoms with Crippen molar-refractivity contribution in [2.45, 2.75) is 26.1 Å². The van der Waals surface area contributed by atoms with Crippen LogP contribution in [0, 0.1) is 17.0 Å². The maximum Gasteiger partial charge on any atom is 0.416 e. The third kappa shape index (κ3) is 3.67. The number of aryl methyl sites for hydroxylation is 1. The van der Waals surface area contributed by atoms with Crippen molar-refractivity contribution in [3.63, 3.8) is 0 Å². The third-order valence-corrected chi connectivity index (χ3v) is 3.03. The first-order valence-corrected chi connectivity index (χ1v) is 6.56. The first-order valence-electron chi connectivity index (χ1n) is 6.56. The SMILES string of the molecule is Cc1noc([C@H](C)NC(=O)c2ccc(C(F)(F)F)cc2[N+](=O)[O-])n1. The molecule has 1 N–H and O–H groups in total. The van der Waals surface area contributed by atoms with Gasteiger partial charge in [-0.2, -0.15) is 18.2 Å². The molecule has 8 nitrogen and oxygen atoms in total. The maximum absolute atomic E-state index is 12.6. The van der Waals surface area contributed by atoms with Crippen LogP contribution in [-0.4, -0.2) is 21.0 Å². The van der Waals surface area contributed by atoms with E-state index in [0.717, 1.165) is 6.07 Å². The molecule has 24 heavy (non-hydrogen) atoms. The molecule has 1 aromatic carbocycles. The summed E-state index contributed by atoms with van der Waals surface area (Å²) in [6, 6.07) is 0.891. The lowest BCUT2D eigenvalue weighted by Gasteiger charge is -2.11. The molecule has 1 heterocycles. The number of amides is 1. The summed E-state index contributed by atoms with van der Waals surface area (Å²) in [7, 11) is 0. The summed E-state index contributed by atoms with van der Waals surface area (Å²) < 4.78 is 42.8. The van der Waals surface area contributed by atoms with Gasteiger partial charge in [0.05, 0.1) is 10.5 Å². The molecular formula is C13H11F3N4O4. The molecule has 0 saturated carbocycles. The fraction of sp³-hybridized carbons (Fsp3) is 0.308. The summed E-state index contributed by atoms with van der Waals surface area (Å²) in [5, 5.41) is 16.9. The highest BCUT2D eigenvalue weighted by molar-refractivity contribution is 5.98. The highest BCUT2D eigenvalue weighted by atomic mass is 19.4. The van der Waals surface area contributed by atoms with Crippen molar-refractivity contribution >= 4 is 11.6 Å². The minimum Gasteiger partial charge on any atom is -0.340 e. The van der Waals surface area contributed by atoms with Crippen LogP contribution in [-0.2, 0) is 6.18 Å². The molecule has 0 spiro atoms. The van der Waals surface area contributed by atoms with Gasteiger partial charge in [0.1, 0.15) is 11.6 Å². The van der Waals surface area contributed by atoms with Gasteiger partial charge < -0.3 is 9.84 Å². The highest BCUT2D eigenvalue weighted by Gasteiger charge is 2.34. The molecule has 0 aliphatic rings. The molecule has 1 aromatic heterocycles. The van der Waals surface area contributed by atoms with E-state index in [-0.39, 0.29) is 5.89 Å². The Labute approximate surface area is 132 Å². The van der Waals surface area contributed by atoms with Crippen LogP contribution in [0.5, 0.6) is 0 Å². The van der Waals surface area contributed by atoms with E-state index in [1.54, 1.807) is 6.92 Å². The van der Waals surface area contributed by atoms with Gasteiger partial charge >= 0.3 is 6.18 Å². The van der Waals surface area contributed by atoms with Crippen molar-refractivity contribution in [3.05, 3.63) is 51.2 Å². The van der Waals surface area contributed by atoms with Gasteiger partial charge in [-0.25, -0.2) is 0 Å². The molecule has 0 fully saturated rings. The van der Waals surface area contributed by atoms with Crippen LogP contribution in [0.25, 0.3) is 0 Å². The van der Waals surface area contributed by atoms with Gasteiger partial charge in [-0.15, -0.1) is 0 Å². The van der Waals surface area contributed by atoms with Gasteiger partial charge in [0, 0.05) is 6.07 Å². The number of carbonyl (C=O) groups excluding carboxylic acids is 1. The van der Waals surface area contributed by atoms with Crippen LogP contribution >= 0.6 is 0 Å². The monoisotopic (exact) mass is 344 g/mol. The predicted molar refractivity (Wildman–Crippen MR) is 73.0 cm³/mol. The Morgan fingerprint density at radius 2 is 2.08 bits per heavy atom. The summed E-state index contributed by atoms with van der Waals surface area (Å²) in [4.78, 5) is 26.0. The first-order chi connectivity index (χ1) is 11.1. The summed E-state index contributed by atoms with van der Waals surface area (Å²) >= 11 is 0. The average molecular weight is 344 g/mol. The number of aromatic nitrogens is 2. The zero-order valence-electron chi connectivity index (χ0n) is 12.4. The molecule has 0 unspecified atom stereocenters. The van der Waals surface area contributed by atoms with E-state index in [1.807, 2.05) is 0 Å². The number of alkyl halides is 3. The van der Waals surface area contributed by atoms with Crippen LogP contribution in [0.3, 0.4) is 0 Å². The fourth-order valence-corrected chi connectivity index (χ4v) is 1.88. The van der Waals surface area contributed by atoms with Crippen LogP contribution < -0.4 is 5.32 Å². The Morgan fingerprint density at radius 1 is 1.42 bits per heavy atom. The van der Waals surface area contributed by atoms with Gasteiger partial charge in [0.25, 0.3) is 11.6 Å². The van der Waals surface area contributed by atoms with Crippen molar-refractivity contribution in [1.82, 2.24) is 15.5 Å². The minimum atomic E-state index is -4.76. The summed E-state index contributed by atoms with van der Waals surface area (Å²) in [6.07, 6.45) is -4.76. The second-order valence-corrected chi connectivity index (χ2v) is 4.86.